The van der Waals surface area contributed by atoms with Crippen molar-refractivity contribution in [2.45, 2.75) is 32.6 Å². The maximum atomic E-state index is 5.86. The molecule has 1 aromatic carbocycles. The number of nitrogens with zero attached hydrogens (tertiary/aromatic N) is 3. The molecule has 0 bridgehead atoms. The summed E-state index contributed by atoms with van der Waals surface area (Å²) < 4.78 is 5.86. The molecule has 5 nitrogen and oxygen atoms in total. The summed E-state index contributed by atoms with van der Waals surface area (Å²) in [7, 11) is 0. The molecular formula is C21H24N4O. The van der Waals surface area contributed by atoms with Crippen LogP contribution >= 0.6 is 0 Å². The molecule has 5 heteroatoms. The Hall–Kier alpha value is -2.79. The Morgan fingerprint density at radius 2 is 1.62 bits per heavy atom. The van der Waals surface area contributed by atoms with E-state index in [2.05, 4.69) is 21.9 Å². The van der Waals surface area contributed by atoms with Crippen LogP contribution in [0.15, 0.2) is 55.0 Å². The van der Waals surface area contributed by atoms with Crippen LogP contribution in [-0.2, 0) is 25.7 Å². The van der Waals surface area contributed by atoms with Gasteiger partial charge >= 0.3 is 0 Å². The van der Waals surface area contributed by atoms with Crippen molar-refractivity contribution in [1.82, 2.24) is 15.0 Å². The second-order valence-corrected chi connectivity index (χ2v) is 6.15. The van der Waals surface area contributed by atoms with Gasteiger partial charge in [0.15, 0.2) is 0 Å². The fourth-order valence-corrected chi connectivity index (χ4v) is 2.62. The molecule has 0 aliphatic carbocycles. The maximum absolute atomic E-state index is 5.86. The molecule has 3 aromatic rings. The Kier molecular flexibility index (Phi) is 6.28. The van der Waals surface area contributed by atoms with Crippen LogP contribution in [0.2, 0.25) is 0 Å². The van der Waals surface area contributed by atoms with E-state index < -0.39 is 0 Å². The van der Waals surface area contributed by atoms with Crippen LogP contribution in [0.1, 0.15) is 29.4 Å². The first-order chi connectivity index (χ1) is 12.8. The average Bonchev–Trinajstić information content (AvgIpc) is 2.69. The van der Waals surface area contributed by atoms with E-state index in [9.17, 15) is 0 Å². The lowest BCUT2D eigenvalue weighted by molar-refractivity contribution is 0.462. The molecule has 0 spiro atoms. The van der Waals surface area contributed by atoms with Crippen molar-refractivity contribution in [3.63, 3.8) is 0 Å². The van der Waals surface area contributed by atoms with E-state index in [-0.39, 0.29) is 0 Å². The van der Waals surface area contributed by atoms with Gasteiger partial charge in [-0.2, -0.15) is 0 Å². The zero-order valence-corrected chi connectivity index (χ0v) is 15.1. The van der Waals surface area contributed by atoms with Gasteiger partial charge in [0.05, 0.1) is 0 Å². The summed E-state index contributed by atoms with van der Waals surface area (Å²) in [6, 6.07) is 11.9. The fraction of sp³-hybridized carbons (Fsp3) is 0.286. The monoisotopic (exact) mass is 348 g/mol. The van der Waals surface area contributed by atoms with E-state index in [0.29, 0.717) is 12.4 Å². The van der Waals surface area contributed by atoms with Crippen LogP contribution in [0.4, 0.5) is 0 Å². The standard InChI is InChI=1S/C21H24N4O/c1-2-16-14-24-20(25-15-16)8-5-18-10-12-23-21(13-18)26-19-6-3-17(4-7-19)9-11-22/h3-4,6-7,10,12-15H,2,5,8-9,11,22H2,1H3. The van der Waals surface area contributed by atoms with Gasteiger partial charge in [0.1, 0.15) is 11.6 Å². The van der Waals surface area contributed by atoms with E-state index in [1.807, 2.05) is 48.8 Å². The molecule has 0 aliphatic heterocycles. The molecule has 2 heterocycles. The molecule has 26 heavy (non-hydrogen) atoms. The molecule has 0 radical (unpaired) electrons. The van der Waals surface area contributed by atoms with Crippen molar-refractivity contribution >= 4 is 0 Å². The highest BCUT2D eigenvalue weighted by atomic mass is 16.5. The normalized spacial score (nSPS) is 10.7. The quantitative estimate of drug-likeness (QED) is 0.674. The minimum atomic E-state index is 0.594. The molecule has 0 atom stereocenters. The first-order valence-electron chi connectivity index (χ1n) is 8.98. The molecule has 0 unspecified atom stereocenters. The van der Waals surface area contributed by atoms with Crippen molar-refractivity contribution in [2.24, 2.45) is 5.73 Å². The largest absolute Gasteiger partial charge is 0.439 e. The number of hydrogen-bond donors (Lipinski definition) is 1. The topological polar surface area (TPSA) is 73.9 Å². The Morgan fingerprint density at radius 1 is 0.846 bits per heavy atom. The molecule has 0 saturated heterocycles. The summed E-state index contributed by atoms with van der Waals surface area (Å²) in [5, 5.41) is 0. The summed E-state index contributed by atoms with van der Waals surface area (Å²) in [5.41, 5.74) is 9.09. The molecule has 2 N–H and O–H groups in total. The number of benzene rings is 1. The molecule has 134 valence electrons. The van der Waals surface area contributed by atoms with E-state index in [0.717, 1.165) is 48.4 Å². The lowest BCUT2D eigenvalue weighted by atomic mass is 10.1. The summed E-state index contributed by atoms with van der Waals surface area (Å²) in [4.78, 5) is 13.1. The van der Waals surface area contributed by atoms with E-state index in [1.54, 1.807) is 6.20 Å². The molecule has 0 saturated carbocycles. The zero-order valence-electron chi connectivity index (χ0n) is 15.1. The summed E-state index contributed by atoms with van der Waals surface area (Å²) in [5.74, 6) is 2.22. The van der Waals surface area contributed by atoms with Crippen LogP contribution in [0.3, 0.4) is 0 Å². The third-order valence-corrected chi connectivity index (χ3v) is 4.18. The highest BCUT2D eigenvalue weighted by Gasteiger charge is 2.03. The smallest absolute Gasteiger partial charge is 0.219 e. The van der Waals surface area contributed by atoms with Crippen molar-refractivity contribution in [1.29, 1.82) is 0 Å². The van der Waals surface area contributed by atoms with Gasteiger partial charge in [0.2, 0.25) is 5.88 Å². The molecule has 3 rings (SSSR count). The van der Waals surface area contributed by atoms with Crippen molar-refractivity contribution in [3.8, 4) is 11.6 Å². The molecule has 0 aliphatic rings. The number of aromatic nitrogens is 3. The van der Waals surface area contributed by atoms with E-state index >= 15 is 0 Å². The summed E-state index contributed by atoms with van der Waals surface area (Å²) in [6.45, 7) is 2.75. The predicted molar refractivity (Wildman–Crippen MR) is 102 cm³/mol. The molecule has 0 fully saturated rings. The molecule has 0 amide bonds. The van der Waals surface area contributed by atoms with Gasteiger partial charge in [-0.25, -0.2) is 15.0 Å². The van der Waals surface area contributed by atoms with Crippen molar-refractivity contribution in [2.75, 3.05) is 6.54 Å². The van der Waals surface area contributed by atoms with Gasteiger partial charge < -0.3 is 10.5 Å². The number of hydrogen-bond acceptors (Lipinski definition) is 5. The number of rotatable bonds is 8. The lowest BCUT2D eigenvalue weighted by Crippen LogP contribution is -2.02. The fourth-order valence-electron chi connectivity index (χ4n) is 2.62. The number of ether oxygens (including phenoxy) is 1. The maximum Gasteiger partial charge on any atom is 0.219 e. The zero-order chi connectivity index (χ0) is 18.2. The Balaban J connectivity index is 1.60. The van der Waals surface area contributed by atoms with Gasteiger partial charge in [-0.3, -0.25) is 0 Å². The highest BCUT2D eigenvalue weighted by molar-refractivity contribution is 5.32. The van der Waals surface area contributed by atoms with Crippen LogP contribution < -0.4 is 10.5 Å². The first-order valence-corrected chi connectivity index (χ1v) is 8.98. The van der Waals surface area contributed by atoms with Gasteiger partial charge in [-0.1, -0.05) is 19.1 Å². The van der Waals surface area contributed by atoms with Crippen LogP contribution in [-0.4, -0.2) is 21.5 Å². The summed E-state index contributed by atoms with van der Waals surface area (Å²) in [6.07, 6.45) is 9.04. The van der Waals surface area contributed by atoms with Crippen molar-refractivity contribution in [3.05, 3.63) is 77.5 Å². The van der Waals surface area contributed by atoms with Crippen LogP contribution in [0.5, 0.6) is 11.6 Å². The third-order valence-electron chi connectivity index (χ3n) is 4.18. The SMILES string of the molecule is CCc1cnc(CCc2ccnc(Oc3ccc(CCN)cc3)c2)nc1. The highest BCUT2D eigenvalue weighted by Crippen LogP contribution is 2.21. The van der Waals surface area contributed by atoms with E-state index in [1.165, 1.54) is 5.56 Å². The van der Waals surface area contributed by atoms with Crippen molar-refractivity contribution < 1.29 is 4.74 Å². The van der Waals surface area contributed by atoms with Crippen LogP contribution in [0.25, 0.3) is 0 Å². The number of nitrogens with two attached hydrogens (primary N) is 1. The first kappa shape index (κ1) is 18.0. The third kappa shape index (κ3) is 5.10. The Morgan fingerprint density at radius 3 is 2.31 bits per heavy atom. The minimum Gasteiger partial charge on any atom is -0.439 e. The molecular weight excluding hydrogens is 324 g/mol. The number of pyridine rings is 1. The van der Waals surface area contributed by atoms with Gasteiger partial charge in [0.25, 0.3) is 0 Å². The van der Waals surface area contributed by atoms with E-state index in [4.69, 9.17) is 10.5 Å². The average molecular weight is 348 g/mol. The summed E-state index contributed by atoms with van der Waals surface area (Å²) >= 11 is 0. The van der Waals surface area contributed by atoms with Gasteiger partial charge in [-0.05, 0) is 60.7 Å². The second-order valence-electron chi connectivity index (χ2n) is 6.15. The lowest BCUT2D eigenvalue weighted by Gasteiger charge is -2.07. The van der Waals surface area contributed by atoms with Crippen LogP contribution in [0, 0.1) is 0 Å². The van der Waals surface area contributed by atoms with Gasteiger partial charge in [-0.15, -0.1) is 0 Å². The minimum absolute atomic E-state index is 0.594. The molecule has 2 aromatic heterocycles. The predicted octanol–water partition coefficient (Wildman–Crippen LogP) is 3.51. The Labute approximate surface area is 154 Å². The Bertz CT molecular complexity index is 816. The number of aryl methyl sites for hydroxylation is 3. The second kappa shape index (κ2) is 9.06. The van der Waals surface area contributed by atoms with Gasteiger partial charge in [0, 0.05) is 31.1 Å².